The van der Waals surface area contributed by atoms with Crippen LogP contribution in [0.4, 0.5) is 4.79 Å². The van der Waals surface area contributed by atoms with Crippen LogP contribution < -0.4 is 10.1 Å². The smallest absolute Gasteiger partial charge is 0.407 e. The molecule has 3 aromatic rings. The summed E-state index contributed by atoms with van der Waals surface area (Å²) >= 11 is 0. The maximum Gasteiger partial charge on any atom is 0.407 e. The van der Waals surface area contributed by atoms with Gasteiger partial charge < -0.3 is 25.0 Å². The Morgan fingerprint density at radius 2 is 1.55 bits per heavy atom. The molecule has 6 nitrogen and oxygen atoms in total. The summed E-state index contributed by atoms with van der Waals surface area (Å²) in [5, 5.41) is 23.3. The number of hydrogen-bond donors (Lipinski definition) is 3. The van der Waals surface area contributed by atoms with Crippen LogP contribution in [0.5, 0.6) is 5.75 Å². The van der Waals surface area contributed by atoms with Gasteiger partial charge in [0.15, 0.2) is 0 Å². The second kappa shape index (κ2) is 10.5. The molecule has 2 unspecified atom stereocenters. The molecule has 4 rings (SSSR count). The molecule has 0 heterocycles. The highest BCUT2D eigenvalue weighted by Gasteiger charge is 2.29. The number of ether oxygens (including phenoxy) is 2. The first-order chi connectivity index (χ1) is 16.1. The van der Waals surface area contributed by atoms with E-state index in [-0.39, 0.29) is 25.5 Å². The molecule has 1 aliphatic rings. The first-order valence-corrected chi connectivity index (χ1v) is 11.3. The van der Waals surface area contributed by atoms with E-state index in [0.29, 0.717) is 17.9 Å². The average Bonchev–Trinajstić information content (AvgIpc) is 3.16. The van der Waals surface area contributed by atoms with Crippen molar-refractivity contribution >= 4 is 6.09 Å². The van der Waals surface area contributed by atoms with Crippen molar-refractivity contribution in [2.75, 3.05) is 19.8 Å². The van der Waals surface area contributed by atoms with Crippen molar-refractivity contribution in [3.05, 3.63) is 89.5 Å². The van der Waals surface area contributed by atoms with E-state index in [4.69, 9.17) is 9.47 Å². The summed E-state index contributed by atoms with van der Waals surface area (Å²) in [6.07, 6.45) is -2.42. The molecule has 0 saturated carbocycles. The van der Waals surface area contributed by atoms with Gasteiger partial charge in [0.2, 0.25) is 0 Å². The van der Waals surface area contributed by atoms with Crippen molar-refractivity contribution in [3.63, 3.8) is 0 Å². The number of alkyl carbamates (subject to hydrolysis) is 1. The molecular weight excluding hydrogens is 418 g/mol. The number of amides is 1. The number of hydrogen-bond acceptors (Lipinski definition) is 5. The minimum absolute atomic E-state index is 0.00442. The highest BCUT2D eigenvalue weighted by Crippen LogP contribution is 2.44. The van der Waals surface area contributed by atoms with Gasteiger partial charge in [-0.1, -0.05) is 60.7 Å². The molecule has 3 N–H and O–H groups in total. The van der Waals surface area contributed by atoms with Crippen molar-refractivity contribution in [1.82, 2.24) is 5.32 Å². The van der Waals surface area contributed by atoms with Crippen LogP contribution in [-0.2, 0) is 4.74 Å². The minimum Gasteiger partial charge on any atom is -0.494 e. The zero-order valence-corrected chi connectivity index (χ0v) is 18.6. The Morgan fingerprint density at radius 1 is 0.939 bits per heavy atom. The van der Waals surface area contributed by atoms with Gasteiger partial charge in [0, 0.05) is 12.5 Å². The molecule has 3 aromatic carbocycles. The van der Waals surface area contributed by atoms with Crippen LogP contribution in [0.25, 0.3) is 11.1 Å². The maximum atomic E-state index is 12.3. The summed E-state index contributed by atoms with van der Waals surface area (Å²) in [5.41, 5.74) is 5.25. The fourth-order valence-electron chi connectivity index (χ4n) is 4.28. The van der Waals surface area contributed by atoms with Crippen LogP contribution in [0.15, 0.2) is 72.8 Å². The van der Waals surface area contributed by atoms with Gasteiger partial charge in [0.25, 0.3) is 0 Å². The van der Waals surface area contributed by atoms with Gasteiger partial charge in [0.1, 0.15) is 18.5 Å². The van der Waals surface area contributed by atoms with Crippen LogP contribution in [0.2, 0.25) is 0 Å². The Bertz CT molecular complexity index is 1040. The van der Waals surface area contributed by atoms with Gasteiger partial charge in [-0.2, -0.15) is 0 Å². The van der Waals surface area contributed by atoms with Crippen molar-refractivity contribution in [3.8, 4) is 16.9 Å². The van der Waals surface area contributed by atoms with Crippen molar-refractivity contribution < 1.29 is 24.5 Å². The van der Waals surface area contributed by atoms with E-state index < -0.39 is 18.3 Å². The first-order valence-electron chi connectivity index (χ1n) is 11.3. The molecule has 0 radical (unpaired) electrons. The van der Waals surface area contributed by atoms with E-state index in [1.165, 1.54) is 11.1 Å². The minimum atomic E-state index is -1.05. The molecule has 0 spiro atoms. The Hall–Kier alpha value is -3.35. The second-order valence-corrected chi connectivity index (χ2v) is 8.06. The molecule has 0 saturated heterocycles. The highest BCUT2D eigenvalue weighted by atomic mass is 16.5. The normalized spacial score (nSPS) is 14.2. The lowest BCUT2D eigenvalue weighted by molar-refractivity contribution is 0.0136. The quantitative estimate of drug-likeness (QED) is 0.452. The first kappa shape index (κ1) is 22.8. The lowest BCUT2D eigenvalue weighted by Crippen LogP contribution is -2.30. The monoisotopic (exact) mass is 447 g/mol. The number of carbonyl (C=O) groups is 1. The summed E-state index contributed by atoms with van der Waals surface area (Å²) in [4.78, 5) is 12.3. The SMILES string of the molecule is CCOc1ccc(C(O)C(O)CCNC(=O)OCC2c3ccccc3-c3ccccc32)cc1. The number of rotatable bonds is 9. The Morgan fingerprint density at radius 3 is 2.15 bits per heavy atom. The average molecular weight is 448 g/mol. The number of aliphatic hydroxyl groups is 2. The van der Waals surface area contributed by atoms with Crippen molar-refractivity contribution in [1.29, 1.82) is 0 Å². The van der Waals surface area contributed by atoms with E-state index in [0.717, 1.165) is 11.1 Å². The van der Waals surface area contributed by atoms with Gasteiger partial charge in [0.05, 0.1) is 12.7 Å². The van der Waals surface area contributed by atoms with Crippen LogP contribution in [0.1, 0.15) is 42.1 Å². The molecular formula is C27H29NO5. The fraction of sp³-hybridized carbons (Fsp3) is 0.296. The van der Waals surface area contributed by atoms with Gasteiger partial charge in [-0.3, -0.25) is 0 Å². The Kier molecular flexibility index (Phi) is 7.27. The van der Waals surface area contributed by atoms with Gasteiger partial charge in [-0.15, -0.1) is 0 Å². The second-order valence-electron chi connectivity index (χ2n) is 8.06. The van der Waals surface area contributed by atoms with Crippen LogP contribution in [-0.4, -0.2) is 42.2 Å². The van der Waals surface area contributed by atoms with Gasteiger partial charge in [-0.25, -0.2) is 4.79 Å². The molecule has 33 heavy (non-hydrogen) atoms. The topological polar surface area (TPSA) is 88.0 Å². The van der Waals surface area contributed by atoms with E-state index in [9.17, 15) is 15.0 Å². The summed E-state index contributed by atoms with van der Waals surface area (Å²) in [6, 6.07) is 23.3. The number of benzene rings is 3. The number of aliphatic hydroxyl groups excluding tert-OH is 2. The summed E-state index contributed by atoms with van der Waals surface area (Å²) in [5.74, 6) is 0.704. The lowest BCUT2D eigenvalue weighted by Gasteiger charge is -2.19. The Labute approximate surface area is 193 Å². The lowest BCUT2D eigenvalue weighted by atomic mass is 9.98. The predicted octanol–water partition coefficient (Wildman–Crippen LogP) is 4.41. The molecule has 1 aliphatic carbocycles. The highest BCUT2D eigenvalue weighted by molar-refractivity contribution is 5.79. The molecule has 172 valence electrons. The zero-order valence-electron chi connectivity index (χ0n) is 18.6. The third-order valence-electron chi connectivity index (χ3n) is 5.95. The van der Waals surface area contributed by atoms with E-state index >= 15 is 0 Å². The predicted molar refractivity (Wildman–Crippen MR) is 126 cm³/mol. The third-order valence-corrected chi connectivity index (χ3v) is 5.95. The van der Waals surface area contributed by atoms with E-state index in [1.807, 2.05) is 31.2 Å². The number of fused-ring (bicyclic) bond motifs is 3. The molecule has 2 atom stereocenters. The molecule has 1 amide bonds. The molecule has 0 aliphatic heterocycles. The molecule has 0 fully saturated rings. The van der Waals surface area contributed by atoms with Crippen molar-refractivity contribution in [2.45, 2.75) is 31.5 Å². The Balaban J connectivity index is 1.25. The fourth-order valence-corrected chi connectivity index (χ4v) is 4.28. The van der Waals surface area contributed by atoms with Crippen LogP contribution in [0, 0.1) is 0 Å². The van der Waals surface area contributed by atoms with E-state index in [2.05, 4.69) is 29.6 Å². The van der Waals surface area contributed by atoms with Crippen LogP contribution in [0.3, 0.4) is 0 Å². The molecule has 0 aromatic heterocycles. The van der Waals surface area contributed by atoms with Gasteiger partial charge >= 0.3 is 6.09 Å². The number of carbonyl (C=O) groups excluding carboxylic acids is 1. The van der Waals surface area contributed by atoms with Crippen LogP contribution >= 0.6 is 0 Å². The maximum absolute atomic E-state index is 12.3. The summed E-state index contributed by atoms with van der Waals surface area (Å²) in [6.45, 7) is 2.88. The molecule has 6 heteroatoms. The van der Waals surface area contributed by atoms with E-state index in [1.54, 1.807) is 24.3 Å². The largest absolute Gasteiger partial charge is 0.494 e. The third kappa shape index (κ3) is 5.18. The summed E-state index contributed by atoms with van der Waals surface area (Å²) < 4.78 is 10.9. The van der Waals surface area contributed by atoms with Crippen molar-refractivity contribution in [2.24, 2.45) is 0 Å². The van der Waals surface area contributed by atoms with Gasteiger partial charge in [-0.05, 0) is 53.3 Å². The summed E-state index contributed by atoms with van der Waals surface area (Å²) in [7, 11) is 0. The number of nitrogens with one attached hydrogen (secondary N) is 1. The standard InChI is InChI=1S/C27H29NO5/c1-2-32-19-13-11-18(12-14-19)26(30)25(29)15-16-28-27(31)33-17-24-22-9-5-3-7-20(22)21-8-4-6-10-23(21)24/h3-14,24-26,29-30H,2,15-17H2,1H3,(H,28,31). The zero-order chi connectivity index (χ0) is 23.2. The molecule has 0 bridgehead atoms.